The van der Waals surface area contributed by atoms with Crippen molar-refractivity contribution in [2.75, 3.05) is 0 Å². The maximum atomic E-state index is 14.0. The van der Waals surface area contributed by atoms with E-state index in [2.05, 4.69) is 0 Å². The van der Waals surface area contributed by atoms with Gasteiger partial charge < -0.3 is 0 Å². The van der Waals surface area contributed by atoms with Gasteiger partial charge in [0.05, 0.1) is 0 Å². The standard InChI is InChI=1S/C23H25F3/c1-3-17-12-13-20(14-21(17)24)18-9-5-16(6-10-18)7-11-19-8-4-15(2)22(25)23(19)26/h4,7-8,11-14,16,18H,3,5-6,9-10H2,1-2H3. The summed E-state index contributed by atoms with van der Waals surface area (Å²) in [5.41, 5.74) is 2.46. The van der Waals surface area contributed by atoms with Crippen LogP contribution in [0.1, 0.15) is 60.8 Å². The Kier molecular flexibility index (Phi) is 5.85. The van der Waals surface area contributed by atoms with Crippen LogP contribution >= 0.6 is 0 Å². The normalized spacial score (nSPS) is 20.7. The second kappa shape index (κ2) is 8.11. The van der Waals surface area contributed by atoms with Gasteiger partial charge in [0.1, 0.15) is 5.82 Å². The molecule has 3 heteroatoms. The average Bonchev–Trinajstić information content (AvgIpc) is 2.66. The van der Waals surface area contributed by atoms with E-state index >= 15 is 0 Å². The third-order valence-electron chi connectivity index (χ3n) is 5.55. The van der Waals surface area contributed by atoms with Crippen molar-refractivity contribution in [3.63, 3.8) is 0 Å². The average molecular weight is 358 g/mol. The van der Waals surface area contributed by atoms with Crippen LogP contribution in [0.3, 0.4) is 0 Å². The molecule has 0 bridgehead atoms. The molecule has 2 aromatic rings. The summed E-state index contributed by atoms with van der Waals surface area (Å²) in [4.78, 5) is 0. The van der Waals surface area contributed by atoms with Crippen LogP contribution in [0.15, 0.2) is 36.4 Å². The van der Waals surface area contributed by atoms with Crippen LogP contribution in [0.4, 0.5) is 13.2 Å². The largest absolute Gasteiger partial charge is 0.207 e. The van der Waals surface area contributed by atoms with Crippen molar-refractivity contribution < 1.29 is 13.2 Å². The van der Waals surface area contributed by atoms with Gasteiger partial charge in [0.2, 0.25) is 0 Å². The zero-order chi connectivity index (χ0) is 18.7. The van der Waals surface area contributed by atoms with Gasteiger partial charge in [-0.1, -0.05) is 43.3 Å². The van der Waals surface area contributed by atoms with E-state index in [-0.39, 0.29) is 5.82 Å². The molecule has 0 nitrogen and oxygen atoms in total. The molecular weight excluding hydrogens is 333 g/mol. The topological polar surface area (TPSA) is 0 Å². The summed E-state index contributed by atoms with van der Waals surface area (Å²) < 4.78 is 41.6. The first-order chi connectivity index (χ1) is 12.5. The first kappa shape index (κ1) is 18.8. The van der Waals surface area contributed by atoms with Crippen LogP contribution in [0.5, 0.6) is 0 Å². The summed E-state index contributed by atoms with van der Waals surface area (Å²) in [6.45, 7) is 3.52. The molecule has 138 valence electrons. The summed E-state index contributed by atoms with van der Waals surface area (Å²) in [6.07, 6.45) is 8.33. The van der Waals surface area contributed by atoms with E-state index in [9.17, 15) is 13.2 Å². The SMILES string of the molecule is CCc1ccc(C2CCC(C=Cc3ccc(C)c(F)c3F)CC2)cc1F. The van der Waals surface area contributed by atoms with Crippen LogP contribution in [-0.2, 0) is 6.42 Å². The van der Waals surface area contributed by atoms with Crippen LogP contribution in [0.25, 0.3) is 6.08 Å². The molecule has 1 aliphatic carbocycles. The number of rotatable bonds is 4. The number of hydrogen-bond acceptors (Lipinski definition) is 0. The van der Waals surface area contributed by atoms with Gasteiger partial charge in [-0.2, -0.15) is 0 Å². The van der Waals surface area contributed by atoms with E-state index in [1.54, 1.807) is 31.2 Å². The molecule has 0 unspecified atom stereocenters. The smallest absolute Gasteiger partial charge is 0.166 e. The first-order valence-electron chi connectivity index (χ1n) is 9.40. The lowest BCUT2D eigenvalue weighted by atomic mass is 9.78. The van der Waals surface area contributed by atoms with Gasteiger partial charge in [0, 0.05) is 5.56 Å². The molecule has 0 aromatic heterocycles. The molecule has 0 spiro atoms. The van der Waals surface area contributed by atoms with Crippen LogP contribution in [0.2, 0.25) is 0 Å². The Morgan fingerprint density at radius 1 is 0.962 bits per heavy atom. The minimum atomic E-state index is -0.776. The molecule has 1 fully saturated rings. The van der Waals surface area contributed by atoms with E-state index in [0.29, 0.717) is 29.4 Å². The van der Waals surface area contributed by atoms with Crippen molar-refractivity contribution in [1.82, 2.24) is 0 Å². The fourth-order valence-corrected chi connectivity index (χ4v) is 3.78. The summed E-state index contributed by atoms with van der Waals surface area (Å²) in [6, 6.07) is 8.85. The van der Waals surface area contributed by atoms with Crippen molar-refractivity contribution >= 4 is 6.08 Å². The quantitative estimate of drug-likeness (QED) is 0.554. The third-order valence-corrected chi connectivity index (χ3v) is 5.55. The lowest BCUT2D eigenvalue weighted by Crippen LogP contribution is -2.12. The van der Waals surface area contributed by atoms with E-state index < -0.39 is 11.6 Å². The zero-order valence-electron chi connectivity index (χ0n) is 15.4. The fraction of sp³-hybridized carbons (Fsp3) is 0.391. The molecule has 1 saturated carbocycles. The van der Waals surface area contributed by atoms with Gasteiger partial charge >= 0.3 is 0 Å². The monoisotopic (exact) mass is 358 g/mol. The summed E-state index contributed by atoms with van der Waals surface area (Å²) >= 11 is 0. The Bertz CT molecular complexity index is 799. The number of benzene rings is 2. The van der Waals surface area contributed by atoms with Crippen molar-refractivity contribution in [3.8, 4) is 0 Å². The minimum absolute atomic E-state index is 0.108. The highest BCUT2D eigenvalue weighted by Gasteiger charge is 2.21. The predicted octanol–water partition coefficient (Wildman–Crippen LogP) is 6.96. The number of allylic oxidation sites excluding steroid dienone is 1. The second-order valence-electron chi connectivity index (χ2n) is 7.27. The van der Waals surface area contributed by atoms with Crippen molar-refractivity contribution in [2.45, 2.75) is 51.9 Å². The van der Waals surface area contributed by atoms with Crippen molar-refractivity contribution in [3.05, 3.63) is 76.1 Å². The zero-order valence-corrected chi connectivity index (χ0v) is 15.4. The van der Waals surface area contributed by atoms with E-state index in [1.807, 2.05) is 25.1 Å². The molecule has 0 saturated heterocycles. The maximum absolute atomic E-state index is 14.0. The second-order valence-corrected chi connectivity index (χ2v) is 7.27. The van der Waals surface area contributed by atoms with Crippen molar-refractivity contribution in [2.24, 2.45) is 5.92 Å². The molecule has 0 N–H and O–H groups in total. The molecule has 26 heavy (non-hydrogen) atoms. The molecule has 0 heterocycles. The molecule has 0 atom stereocenters. The van der Waals surface area contributed by atoms with Gasteiger partial charge in [-0.05, 0) is 73.6 Å². The molecular formula is C23H25F3. The van der Waals surface area contributed by atoms with Gasteiger partial charge in [0.25, 0.3) is 0 Å². The highest BCUT2D eigenvalue weighted by molar-refractivity contribution is 5.51. The fourth-order valence-electron chi connectivity index (χ4n) is 3.78. The maximum Gasteiger partial charge on any atom is 0.166 e. The molecule has 0 radical (unpaired) electrons. The Labute approximate surface area is 153 Å². The highest BCUT2D eigenvalue weighted by Crippen LogP contribution is 2.37. The number of hydrogen-bond donors (Lipinski definition) is 0. The number of halogens is 3. The Balaban J connectivity index is 1.62. The van der Waals surface area contributed by atoms with Gasteiger partial charge in [-0.25, -0.2) is 13.2 Å². The third kappa shape index (κ3) is 4.03. The molecule has 0 amide bonds. The van der Waals surface area contributed by atoms with Crippen molar-refractivity contribution in [1.29, 1.82) is 0 Å². The lowest BCUT2D eigenvalue weighted by Gasteiger charge is -2.27. The highest BCUT2D eigenvalue weighted by atomic mass is 19.2. The number of aryl methyl sites for hydroxylation is 2. The van der Waals surface area contributed by atoms with E-state index in [4.69, 9.17) is 0 Å². The minimum Gasteiger partial charge on any atom is -0.207 e. The Morgan fingerprint density at radius 2 is 1.69 bits per heavy atom. The summed E-state index contributed by atoms with van der Waals surface area (Å²) in [7, 11) is 0. The molecule has 3 rings (SSSR count). The van der Waals surface area contributed by atoms with Gasteiger partial charge in [0.15, 0.2) is 11.6 Å². The van der Waals surface area contributed by atoms with Crippen LogP contribution < -0.4 is 0 Å². The lowest BCUT2D eigenvalue weighted by molar-refractivity contribution is 0.376. The first-order valence-corrected chi connectivity index (χ1v) is 9.40. The van der Waals surface area contributed by atoms with Gasteiger partial charge in [-0.15, -0.1) is 0 Å². The van der Waals surface area contributed by atoms with Crippen LogP contribution in [0, 0.1) is 30.3 Å². The Hall–Kier alpha value is -2.03. The summed E-state index contributed by atoms with van der Waals surface area (Å²) in [5.74, 6) is -0.915. The molecule has 1 aliphatic rings. The van der Waals surface area contributed by atoms with E-state index in [1.165, 1.54) is 0 Å². The summed E-state index contributed by atoms with van der Waals surface area (Å²) in [5, 5.41) is 0. The van der Waals surface area contributed by atoms with Crippen LogP contribution in [-0.4, -0.2) is 0 Å². The van der Waals surface area contributed by atoms with E-state index in [0.717, 1.165) is 36.8 Å². The van der Waals surface area contributed by atoms with Gasteiger partial charge in [-0.3, -0.25) is 0 Å². The predicted molar refractivity (Wildman–Crippen MR) is 101 cm³/mol. The Morgan fingerprint density at radius 3 is 2.35 bits per heavy atom. The molecule has 2 aromatic carbocycles. The molecule has 0 aliphatic heterocycles.